The summed E-state index contributed by atoms with van der Waals surface area (Å²) in [4.78, 5) is 14.2. The molecule has 1 atom stereocenters. The van der Waals surface area contributed by atoms with Crippen LogP contribution in [-0.4, -0.2) is 49.7 Å². The summed E-state index contributed by atoms with van der Waals surface area (Å²) in [5.41, 5.74) is 2.78. The highest BCUT2D eigenvalue weighted by Crippen LogP contribution is 2.29. The van der Waals surface area contributed by atoms with Crippen LogP contribution in [0.4, 0.5) is 0 Å². The molecular weight excluding hydrogens is 338 g/mol. The third-order valence-electron chi connectivity index (χ3n) is 4.74. The zero-order chi connectivity index (χ0) is 18.4. The molecule has 5 nitrogen and oxygen atoms in total. The lowest BCUT2D eigenvalue weighted by atomic mass is 9.97. The summed E-state index contributed by atoms with van der Waals surface area (Å²) in [5, 5.41) is 6.79. The molecule has 140 valence electrons. The van der Waals surface area contributed by atoms with Gasteiger partial charge in [0.25, 0.3) is 0 Å². The maximum atomic E-state index is 12.0. The zero-order valence-electron chi connectivity index (χ0n) is 15.4. The first-order chi connectivity index (χ1) is 11.9. The SMILES string of the molecule is C=C(Cl)/C(C(=C)NCCC)=C(/C)N1CC(CNC(=O)C2CCCO2)C1. The van der Waals surface area contributed by atoms with Gasteiger partial charge in [-0.25, -0.2) is 0 Å². The first-order valence-corrected chi connectivity index (χ1v) is 9.44. The number of carbonyl (C=O) groups excluding carboxylic acids is 1. The molecule has 2 rings (SSSR count). The van der Waals surface area contributed by atoms with Gasteiger partial charge in [0.05, 0.1) is 0 Å². The monoisotopic (exact) mass is 367 g/mol. The second-order valence-electron chi connectivity index (χ2n) is 6.79. The normalized spacial score (nSPS) is 21.4. The van der Waals surface area contributed by atoms with Crippen molar-refractivity contribution in [3.05, 3.63) is 35.2 Å². The van der Waals surface area contributed by atoms with E-state index < -0.39 is 0 Å². The summed E-state index contributed by atoms with van der Waals surface area (Å²) >= 11 is 6.20. The molecule has 1 amide bonds. The van der Waals surface area contributed by atoms with Crippen LogP contribution < -0.4 is 10.6 Å². The Morgan fingerprint density at radius 1 is 1.32 bits per heavy atom. The van der Waals surface area contributed by atoms with E-state index in [0.717, 1.165) is 55.9 Å². The van der Waals surface area contributed by atoms with Gasteiger partial charge < -0.3 is 20.3 Å². The number of hydrogen-bond donors (Lipinski definition) is 2. The standard InChI is InChI=1S/C19H30ClN3O2/c1-5-8-21-14(3)18(13(2)20)15(4)23-11-16(12-23)10-22-19(24)17-7-6-9-25-17/h16-17,21H,2-3,5-12H2,1,4H3,(H,22,24)/b18-15+. The molecule has 2 aliphatic heterocycles. The quantitative estimate of drug-likeness (QED) is 0.615. The maximum absolute atomic E-state index is 12.0. The summed E-state index contributed by atoms with van der Waals surface area (Å²) in [5.74, 6) is 0.470. The number of likely N-dealkylation sites (tertiary alicyclic amines) is 1. The van der Waals surface area contributed by atoms with E-state index in [1.807, 2.05) is 6.92 Å². The Morgan fingerprint density at radius 3 is 2.60 bits per heavy atom. The fourth-order valence-electron chi connectivity index (χ4n) is 3.22. The number of carbonyl (C=O) groups is 1. The van der Waals surface area contributed by atoms with E-state index in [9.17, 15) is 4.79 Å². The lowest BCUT2D eigenvalue weighted by Gasteiger charge is -2.42. The third-order valence-corrected chi connectivity index (χ3v) is 4.93. The van der Waals surface area contributed by atoms with Crippen LogP contribution in [0.1, 0.15) is 33.1 Å². The largest absolute Gasteiger partial charge is 0.385 e. The van der Waals surface area contributed by atoms with Gasteiger partial charge in [-0.3, -0.25) is 4.79 Å². The van der Waals surface area contributed by atoms with Crippen LogP contribution in [0.5, 0.6) is 0 Å². The highest BCUT2D eigenvalue weighted by atomic mass is 35.5. The van der Waals surface area contributed by atoms with Gasteiger partial charge >= 0.3 is 0 Å². The summed E-state index contributed by atoms with van der Waals surface area (Å²) in [6.45, 7) is 16.2. The number of allylic oxidation sites excluding steroid dienone is 2. The Bertz CT molecular complexity index is 547. The molecule has 2 aliphatic rings. The van der Waals surface area contributed by atoms with E-state index in [1.54, 1.807) is 0 Å². The summed E-state index contributed by atoms with van der Waals surface area (Å²) in [6, 6.07) is 0. The summed E-state index contributed by atoms with van der Waals surface area (Å²) in [7, 11) is 0. The smallest absolute Gasteiger partial charge is 0.249 e. The van der Waals surface area contributed by atoms with E-state index in [0.29, 0.717) is 24.1 Å². The van der Waals surface area contributed by atoms with Crippen LogP contribution in [-0.2, 0) is 9.53 Å². The fourth-order valence-corrected chi connectivity index (χ4v) is 3.47. The molecule has 2 heterocycles. The Morgan fingerprint density at radius 2 is 2.04 bits per heavy atom. The number of ether oxygens (including phenoxy) is 1. The molecule has 0 aromatic carbocycles. The number of hydrogen-bond acceptors (Lipinski definition) is 4. The van der Waals surface area contributed by atoms with Crippen LogP contribution in [0.15, 0.2) is 35.2 Å². The first-order valence-electron chi connectivity index (χ1n) is 9.07. The molecule has 0 aliphatic carbocycles. The second-order valence-corrected chi connectivity index (χ2v) is 7.24. The fraction of sp³-hybridized carbons (Fsp3) is 0.632. The Balaban J connectivity index is 1.83. The van der Waals surface area contributed by atoms with Gasteiger partial charge in [0, 0.05) is 60.7 Å². The second kappa shape index (κ2) is 9.30. The minimum Gasteiger partial charge on any atom is -0.385 e. The van der Waals surface area contributed by atoms with E-state index >= 15 is 0 Å². The van der Waals surface area contributed by atoms with E-state index in [-0.39, 0.29) is 12.0 Å². The molecule has 0 saturated carbocycles. The van der Waals surface area contributed by atoms with Crippen LogP contribution >= 0.6 is 11.6 Å². The summed E-state index contributed by atoms with van der Waals surface area (Å²) < 4.78 is 5.40. The van der Waals surface area contributed by atoms with Crippen molar-refractivity contribution in [3.8, 4) is 0 Å². The molecule has 1 unspecified atom stereocenters. The van der Waals surface area contributed by atoms with Crippen molar-refractivity contribution in [1.29, 1.82) is 0 Å². The average Bonchev–Trinajstić information content (AvgIpc) is 3.05. The number of nitrogens with one attached hydrogen (secondary N) is 2. The predicted molar refractivity (Wildman–Crippen MR) is 102 cm³/mol. The Hall–Kier alpha value is -1.46. The van der Waals surface area contributed by atoms with E-state index in [2.05, 4.69) is 35.6 Å². The van der Waals surface area contributed by atoms with Crippen molar-refractivity contribution in [1.82, 2.24) is 15.5 Å². The lowest BCUT2D eigenvalue weighted by Crippen LogP contribution is -2.51. The number of rotatable bonds is 9. The minimum absolute atomic E-state index is 0.0233. The zero-order valence-corrected chi connectivity index (χ0v) is 16.1. The highest BCUT2D eigenvalue weighted by molar-refractivity contribution is 6.32. The Kier molecular flexibility index (Phi) is 7.38. The van der Waals surface area contributed by atoms with Crippen molar-refractivity contribution >= 4 is 17.5 Å². The van der Waals surface area contributed by atoms with Gasteiger partial charge in [-0.05, 0) is 26.2 Å². The van der Waals surface area contributed by atoms with Crippen molar-refractivity contribution in [2.24, 2.45) is 5.92 Å². The summed E-state index contributed by atoms with van der Waals surface area (Å²) in [6.07, 6.45) is 2.58. The molecule has 25 heavy (non-hydrogen) atoms. The van der Waals surface area contributed by atoms with Crippen LogP contribution in [0.3, 0.4) is 0 Å². The van der Waals surface area contributed by atoms with E-state index in [1.165, 1.54) is 0 Å². The minimum atomic E-state index is -0.253. The van der Waals surface area contributed by atoms with Gasteiger partial charge in [0.2, 0.25) is 5.91 Å². The topological polar surface area (TPSA) is 53.6 Å². The van der Waals surface area contributed by atoms with Crippen molar-refractivity contribution in [2.45, 2.75) is 39.2 Å². The molecule has 0 spiro atoms. The van der Waals surface area contributed by atoms with Crippen molar-refractivity contribution < 1.29 is 9.53 Å². The maximum Gasteiger partial charge on any atom is 0.249 e. The number of amides is 1. The average molecular weight is 368 g/mol. The number of halogens is 1. The molecule has 0 aromatic rings. The molecule has 2 saturated heterocycles. The first kappa shape index (κ1) is 19.9. The molecule has 0 radical (unpaired) electrons. The molecule has 2 N–H and O–H groups in total. The Labute approximate surface area is 156 Å². The van der Waals surface area contributed by atoms with Gasteiger partial charge in [0.1, 0.15) is 6.10 Å². The van der Waals surface area contributed by atoms with Crippen LogP contribution in [0.25, 0.3) is 0 Å². The van der Waals surface area contributed by atoms with Gasteiger partial charge in [0.15, 0.2) is 0 Å². The van der Waals surface area contributed by atoms with Crippen molar-refractivity contribution in [3.63, 3.8) is 0 Å². The molecule has 2 fully saturated rings. The molecule has 6 heteroatoms. The predicted octanol–water partition coefficient (Wildman–Crippen LogP) is 2.75. The highest BCUT2D eigenvalue weighted by Gasteiger charge is 2.30. The van der Waals surface area contributed by atoms with Crippen LogP contribution in [0.2, 0.25) is 0 Å². The van der Waals surface area contributed by atoms with Crippen LogP contribution in [0, 0.1) is 5.92 Å². The van der Waals surface area contributed by atoms with E-state index in [4.69, 9.17) is 16.3 Å². The lowest BCUT2D eigenvalue weighted by molar-refractivity contribution is -0.130. The van der Waals surface area contributed by atoms with Gasteiger partial charge in [-0.1, -0.05) is 31.7 Å². The molecule has 0 aromatic heterocycles. The molecular formula is C19H30ClN3O2. The number of nitrogens with zero attached hydrogens (tertiary/aromatic N) is 1. The van der Waals surface area contributed by atoms with Crippen molar-refractivity contribution in [2.75, 3.05) is 32.8 Å². The van der Waals surface area contributed by atoms with Gasteiger partial charge in [-0.2, -0.15) is 0 Å². The third kappa shape index (κ3) is 5.25. The molecule has 0 bridgehead atoms. The van der Waals surface area contributed by atoms with Gasteiger partial charge in [-0.15, -0.1) is 0 Å².